The van der Waals surface area contributed by atoms with Crippen LogP contribution < -0.4 is 4.31 Å². The minimum absolute atomic E-state index is 0.117. The largest absolute Gasteiger partial charge is 0.505 e. The molecule has 0 bridgehead atoms. The molecule has 1 N–H and O–H groups in total. The number of aliphatic hydroxyl groups excluding tert-OH is 1. The lowest BCUT2D eigenvalue weighted by Crippen LogP contribution is -2.38. The number of nitrogens with zero attached hydrogens (tertiary/aromatic N) is 2. The number of sulfonamides is 1. The zero-order valence-electron chi connectivity index (χ0n) is 14.2. The van der Waals surface area contributed by atoms with Crippen LogP contribution in [0.15, 0.2) is 24.3 Å². The molecule has 9 heteroatoms. The molecule has 0 spiro atoms. The van der Waals surface area contributed by atoms with Crippen molar-refractivity contribution in [3.8, 4) is 0 Å². The molecule has 0 amide bonds. The second-order valence-corrected chi connectivity index (χ2v) is 8.81. The molecule has 0 saturated carbocycles. The summed E-state index contributed by atoms with van der Waals surface area (Å²) < 4.78 is 53.0. The summed E-state index contributed by atoms with van der Waals surface area (Å²) in [4.78, 5) is 4.07. The number of hydrogen-bond donors (Lipinski definition) is 1. The number of thiazole rings is 1. The highest BCUT2D eigenvalue weighted by Gasteiger charge is 2.42. The van der Waals surface area contributed by atoms with E-state index in [1.165, 1.54) is 0 Å². The number of aromatic nitrogens is 1. The van der Waals surface area contributed by atoms with Gasteiger partial charge in [-0.15, -0.1) is 11.3 Å². The van der Waals surface area contributed by atoms with Gasteiger partial charge in [0.15, 0.2) is 11.6 Å². The molecule has 0 atom stereocenters. The van der Waals surface area contributed by atoms with Crippen molar-refractivity contribution in [1.82, 2.24) is 4.98 Å². The van der Waals surface area contributed by atoms with Crippen molar-refractivity contribution in [2.24, 2.45) is 0 Å². The minimum Gasteiger partial charge on any atom is -0.505 e. The Labute approximate surface area is 154 Å². The Morgan fingerprint density at radius 1 is 1.31 bits per heavy atom. The average molecular weight is 400 g/mol. The van der Waals surface area contributed by atoms with E-state index in [1.54, 1.807) is 31.2 Å². The lowest BCUT2D eigenvalue weighted by molar-refractivity contribution is 0.159. The molecular formula is C17H18F2N2O3S2. The number of fused-ring (bicyclic) bond motifs is 1. The highest BCUT2D eigenvalue weighted by atomic mass is 32.2. The fourth-order valence-corrected chi connectivity index (χ4v) is 5.84. The Bertz CT molecular complexity index is 968. The SMILES string of the molecule is CCCc1nc2c(s1)C(O)=C(c1ccccc1C)S(=O)(=O)N2CC(F)F. The number of aryl methyl sites for hydroxylation is 2. The maximum Gasteiger partial charge on any atom is 0.270 e. The van der Waals surface area contributed by atoms with Gasteiger partial charge >= 0.3 is 0 Å². The van der Waals surface area contributed by atoms with Crippen molar-refractivity contribution in [1.29, 1.82) is 0 Å². The van der Waals surface area contributed by atoms with E-state index in [2.05, 4.69) is 4.98 Å². The molecule has 1 aromatic heterocycles. The average Bonchev–Trinajstić information content (AvgIpc) is 2.97. The summed E-state index contributed by atoms with van der Waals surface area (Å²) in [5, 5.41) is 11.3. The molecular weight excluding hydrogens is 382 g/mol. The van der Waals surface area contributed by atoms with E-state index in [4.69, 9.17) is 0 Å². The predicted molar refractivity (Wildman–Crippen MR) is 99.0 cm³/mol. The van der Waals surface area contributed by atoms with Gasteiger partial charge in [-0.2, -0.15) is 0 Å². The van der Waals surface area contributed by atoms with E-state index >= 15 is 0 Å². The number of halogens is 2. The molecule has 1 aliphatic rings. The quantitative estimate of drug-likeness (QED) is 0.817. The Kier molecular flexibility index (Phi) is 5.03. The van der Waals surface area contributed by atoms with E-state index in [9.17, 15) is 22.3 Å². The third-order valence-corrected chi connectivity index (χ3v) is 6.97. The second-order valence-electron chi connectivity index (χ2n) is 5.93. The molecule has 2 heterocycles. The smallest absolute Gasteiger partial charge is 0.270 e. The van der Waals surface area contributed by atoms with Gasteiger partial charge in [0.2, 0.25) is 0 Å². The molecule has 3 rings (SSSR count). The Hall–Kier alpha value is -2.00. The van der Waals surface area contributed by atoms with Crippen LogP contribution in [-0.2, 0) is 16.4 Å². The van der Waals surface area contributed by atoms with Crippen LogP contribution in [0, 0.1) is 6.92 Å². The number of alkyl halides is 2. The molecule has 5 nitrogen and oxygen atoms in total. The molecule has 2 aromatic rings. The van der Waals surface area contributed by atoms with Crippen LogP contribution in [0.3, 0.4) is 0 Å². The summed E-state index contributed by atoms with van der Waals surface area (Å²) in [7, 11) is -4.37. The van der Waals surface area contributed by atoms with Crippen molar-refractivity contribution < 1.29 is 22.3 Å². The molecule has 1 aromatic carbocycles. The first kappa shape index (κ1) is 18.8. The molecule has 0 radical (unpaired) electrons. The minimum atomic E-state index is -4.37. The zero-order valence-corrected chi connectivity index (χ0v) is 15.9. The van der Waals surface area contributed by atoms with Gasteiger partial charge in [0, 0.05) is 5.56 Å². The third kappa shape index (κ3) is 3.09. The van der Waals surface area contributed by atoms with E-state index in [0.717, 1.165) is 17.8 Å². The third-order valence-electron chi connectivity index (χ3n) is 4.03. The summed E-state index contributed by atoms with van der Waals surface area (Å²) in [6.45, 7) is 2.63. The van der Waals surface area contributed by atoms with Crippen LogP contribution in [0.25, 0.3) is 10.7 Å². The zero-order chi connectivity index (χ0) is 19.1. The standard InChI is InChI=1S/C17H18F2N2O3S2/c1-3-6-13-20-17-15(25-13)14(22)16(11-8-5-4-7-10(11)2)26(23,24)21(17)9-12(18)19/h4-5,7-8,12,22H,3,6,9H2,1-2H3. The summed E-state index contributed by atoms with van der Waals surface area (Å²) in [6, 6.07) is 6.63. The first-order valence-corrected chi connectivity index (χ1v) is 10.3. The number of hydrogen-bond acceptors (Lipinski definition) is 5. The molecule has 0 unspecified atom stereocenters. The van der Waals surface area contributed by atoms with Gasteiger partial charge in [-0.1, -0.05) is 31.2 Å². The molecule has 1 aliphatic heterocycles. The second kappa shape index (κ2) is 6.96. The van der Waals surface area contributed by atoms with Crippen molar-refractivity contribution in [2.75, 3.05) is 10.8 Å². The van der Waals surface area contributed by atoms with Crippen LogP contribution in [0.1, 0.15) is 34.4 Å². The summed E-state index contributed by atoms with van der Waals surface area (Å²) in [5.74, 6) is -0.548. The first-order chi connectivity index (χ1) is 12.3. The Morgan fingerprint density at radius 2 is 2.00 bits per heavy atom. The first-order valence-electron chi connectivity index (χ1n) is 8.07. The Morgan fingerprint density at radius 3 is 2.62 bits per heavy atom. The van der Waals surface area contributed by atoms with Gasteiger partial charge in [-0.05, 0) is 25.3 Å². The highest BCUT2D eigenvalue weighted by Crippen LogP contribution is 2.45. The van der Waals surface area contributed by atoms with Gasteiger partial charge in [0.1, 0.15) is 9.78 Å². The monoisotopic (exact) mass is 400 g/mol. The molecule has 140 valence electrons. The number of rotatable bonds is 5. The van der Waals surface area contributed by atoms with E-state index in [-0.39, 0.29) is 15.6 Å². The van der Waals surface area contributed by atoms with Crippen LogP contribution in [0.4, 0.5) is 14.6 Å². The molecule has 0 aliphatic carbocycles. The highest BCUT2D eigenvalue weighted by molar-refractivity contribution is 8.02. The van der Waals surface area contributed by atoms with Gasteiger partial charge in [0.25, 0.3) is 16.4 Å². The van der Waals surface area contributed by atoms with E-state index in [1.807, 2.05) is 6.92 Å². The number of benzene rings is 1. The topological polar surface area (TPSA) is 70.5 Å². The van der Waals surface area contributed by atoms with Crippen LogP contribution in [0.2, 0.25) is 0 Å². The van der Waals surface area contributed by atoms with Crippen LogP contribution in [-0.4, -0.2) is 31.5 Å². The summed E-state index contributed by atoms with van der Waals surface area (Å²) in [5.41, 5.74) is 0.914. The lowest BCUT2D eigenvalue weighted by Gasteiger charge is -2.29. The number of aliphatic hydroxyl groups is 1. The molecule has 0 saturated heterocycles. The van der Waals surface area contributed by atoms with E-state index in [0.29, 0.717) is 26.9 Å². The summed E-state index contributed by atoms with van der Waals surface area (Å²) >= 11 is 1.13. The van der Waals surface area contributed by atoms with Crippen molar-refractivity contribution in [3.63, 3.8) is 0 Å². The number of anilines is 1. The lowest BCUT2D eigenvalue weighted by atomic mass is 10.1. The Balaban J connectivity index is 2.29. The maximum absolute atomic E-state index is 13.1. The van der Waals surface area contributed by atoms with Crippen molar-refractivity contribution in [2.45, 2.75) is 33.1 Å². The van der Waals surface area contributed by atoms with Crippen LogP contribution in [0.5, 0.6) is 0 Å². The van der Waals surface area contributed by atoms with E-state index < -0.39 is 28.8 Å². The van der Waals surface area contributed by atoms with Gasteiger partial charge in [-0.3, -0.25) is 0 Å². The normalized spacial score (nSPS) is 16.3. The van der Waals surface area contributed by atoms with Gasteiger partial charge < -0.3 is 5.11 Å². The van der Waals surface area contributed by atoms with Crippen molar-refractivity contribution >= 4 is 37.8 Å². The van der Waals surface area contributed by atoms with Gasteiger partial charge in [0.05, 0.1) is 11.6 Å². The van der Waals surface area contributed by atoms with Gasteiger partial charge in [-0.25, -0.2) is 26.5 Å². The molecule has 26 heavy (non-hydrogen) atoms. The fourth-order valence-electron chi connectivity index (χ4n) is 2.85. The summed E-state index contributed by atoms with van der Waals surface area (Å²) in [6.07, 6.45) is -1.52. The maximum atomic E-state index is 13.1. The fraction of sp³-hybridized carbons (Fsp3) is 0.353. The molecule has 0 fully saturated rings. The van der Waals surface area contributed by atoms with Crippen LogP contribution >= 0.6 is 11.3 Å². The van der Waals surface area contributed by atoms with Crippen molar-refractivity contribution in [3.05, 3.63) is 45.3 Å². The predicted octanol–water partition coefficient (Wildman–Crippen LogP) is 4.20.